The number of nitrogens with zero attached hydrogens (tertiary/aromatic N) is 1. The molecule has 0 amide bonds. The van der Waals surface area contributed by atoms with Gasteiger partial charge >= 0.3 is 6.18 Å². The first-order chi connectivity index (χ1) is 8.34. The lowest BCUT2D eigenvalue weighted by molar-refractivity contribution is -0.137. The molecule has 0 bridgehead atoms. The molecule has 1 aromatic carbocycles. The number of anilines is 1. The van der Waals surface area contributed by atoms with E-state index in [0.717, 1.165) is 24.1 Å². The van der Waals surface area contributed by atoms with E-state index in [2.05, 4.69) is 0 Å². The molecule has 2 rings (SSSR count). The van der Waals surface area contributed by atoms with Crippen LogP contribution < -0.4 is 4.90 Å². The van der Waals surface area contributed by atoms with Gasteiger partial charge in [0.15, 0.2) is 0 Å². The lowest BCUT2D eigenvalue weighted by Crippen LogP contribution is -2.29. The number of alkyl halides is 3. The summed E-state index contributed by atoms with van der Waals surface area (Å²) < 4.78 is 37.9. The summed E-state index contributed by atoms with van der Waals surface area (Å²) in [5.41, 5.74) is 0.516. The maximum Gasteiger partial charge on any atom is 0.416 e. The highest BCUT2D eigenvalue weighted by Crippen LogP contribution is 2.40. The van der Waals surface area contributed by atoms with Crippen LogP contribution in [-0.2, 0) is 11.0 Å². The van der Waals surface area contributed by atoms with Crippen LogP contribution >= 0.6 is 0 Å². The summed E-state index contributed by atoms with van der Waals surface area (Å²) in [6.07, 6.45) is -3.64. The van der Waals surface area contributed by atoms with Crippen LogP contribution in [0.1, 0.15) is 30.9 Å². The van der Waals surface area contributed by atoms with Crippen molar-refractivity contribution in [2.75, 3.05) is 11.4 Å². The maximum absolute atomic E-state index is 12.6. The number of hydrogen-bond donors (Lipinski definition) is 0. The lowest BCUT2D eigenvalue weighted by atomic mass is 10.0. The van der Waals surface area contributed by atoms with Crippen molar-refractivity contribution in [3.05, 3.63) is 29.3 Å². The van der Waals surface area contributed by atoms with Gasteiger partial charge in [0.25, 0.3) is 0 Å². The molecule has 0 aromatic heterocycles. The van der Waals surface area contributed by atoms with E-state index in [1.165, 1.54) is 6.07 Å². The van der Waals surface area contributed by atoms with E-state index in [1.54, 1.807) is 0 Å². The van der Waals surface area contributed by atoms with Gasteiger partial charge < -0.3 is 9.69 Å². The Morgan fingerprint density at radius 2 is 2.06 bits per heavy atom. The molecule has 2 nitrogen and oxygen atoms in total. The molecular formula is C13H14F3NO. The van der Waals surface area contributed by atoms with Crippen molar-refractivity contribution < 1.29 is 18.0 Å². The minimum absolute atomic E-state index is 0.158. The highest BCUT2D eigenvalue weighted by molar-refractivity contribution is 5.75. The molecule has 0 fully saturated rings. The fourth-order valence-corrected chi connectivity index (χ4v) is 2.30. The molecule has 5 heteroatoms. The molecule has 0 saturated carbocycles. The topological polar surface area (TPSA) is 20.3 Å². The highest BCUT2D eigenvalue weighted by atomic mass is 19.4. The second-order valence-corrected chi connectivity index (χ2v) is 4.76. The molecule has 1 aliphatic rings. The van der Waals surface area contributed by atoms with Gasteiger partial charge in [0, 0.05) is 18.3 Å². The Hall–Kier alpha value is -1.52. The predicted molar refractivity (Wildman–Crippen MR) is 62.7 cm³/mol. The van der Waals surface area contributed by atoms with Crippen molar-refractivity contribution in [1.29, 1.82) is 0 Å². The van der Waals surface area contributed by atoms with Crippen molar-refractivity contribution in [2.45, 2.75) is 32.0 Å². The summed E-state index contributed by atoms with van der Waals surface area (Å²) in [5.74, 6) is -0.468. The van der Waals surface area contributed by atoms with Crippen molar-refractivity contribution in [2.24, 2.45) is 0 Å². The third kappa shape index (κ3) is 2.09. The van der Waals surface area contributed by atoms with Crippen LogP contribution in [0, 0.1) is 0 Å². The van der Waals surface area contributed by atoms with Gasteiger partial charge in [0.05, 0.1) is 11.5 Å². The SMILES string of the molecule is CC(C)N1CC(C=O)c2cc(C(F)(F)F)ccc21. The quantitative estimate of drug-likeness (QED) is 0.758. The molecule has 1 aliphatic heterocycles. The van der Waals surface area contributed by atoms with Crippen LogP contribution in [0.15, 0.2) is 18.2 Å². The fourth-order valence-electron chi connectivity index (χ4n) is 2.30. The van der Waals surface area contributed by atoms with Gasteiger partial charge in [-0.15, -0.1) is 0 Å². The van der Waals surface area contributed by atoms with Gasteiger partial charge in [0.2, 0.25) is 0 Å². The normalized spacial score (nSPS) is 19.2. The average molecular weight is 257 g/mol. The van der Waals surface area contributed by atoms with Crippen molar-refractivity contribution in [1.82, 2.24) is 0 Å². The van der Waals surface area contributed by atoms with E-state index in [-0.39, 0.29) is 6.04 Å². The molecule has 1 unspecified atom stereocenters. The van der Waals surface area contributed by atoms with Crippen LogP contribution in [0.2, 0.25) is 0 Å². The largest absolute Gasteiger partial charge is 0.416 e. The number of carbonyl (C=O) groups is 1. The van der Waals surface area contributed by atoms with Gasteiger partial charge in [-0.2, -0.15) is 13.2 Å². The molecule has 98 valence electrons. The van der Waals surface area contributed by atoms with Gasteiger partial charge in [-0.05, 0) is 37.6 Å². The summed E-state index contributed by atoms with van der Waals surface area (Å²) in [5, 5.41) is 0. The molecule has 1 aromatic rings. The minimum Gasteiger partial charge on any atom is -0.368 e. The van der Waals surface area contributed by atoms with Gasteiger partial charge in [-0.3, -0.25) is 0 Å². The van der Waals surface area contributed by atoms with E-state index in [1.807, 2.05) is 18.7 Å². The molecule has 0 spiro atoms. The van der Waals surface area contributed by atoms with E-state index in [4.69, 9.17) is 0 Å². The molecule has 0 saturated heterocycles. The number of carbonyl (C=O) groups excluding carboxylic acids is 1. The first kappa shape index (κ1) is 12.9. The Morgan fingerprint density at radius 3 is 2.56 bits per heavy atom. The van der Waals surface area contributed by atoms with E-state index >= 15 is 0 Å². The average Bonchev–Trinajstić information content (AvgIpc) is 2.65. The smallest absolute Gasteiger partial charge is 0.368 e. The summed E-state index contributed by atoms with van der Waals surface area (Å²) in [7, 11) is 0. The number of rotatable bonds is 2. The van der Waals surface area contributed by atoms with Crippen LogP contribution in [0.3, 0.4) is 0 Å². The Morgan fingerprint density at radius 1 is 1.39 bits per heavy atom. The van der Waals surface area contributed by atoms with Gasteiger partial charge in [-0.1, -0.05) is 0 Å². The Labute approximate surface area is 103 Å². The minimum atomic E-state index is -4.37. The van der Waals surface area contributed by atoms with Crippen LogP contribution in [0.25, 0.3) is 0 Å². The van der Waals surface area contributed by atoms with Gasteiger partial charge in [0.1, 0.15) is 6.29 Å². The summed E-state index contributed by atoms with van der Waals surface area (Å²) in [6.45, 7) is 4.36. The van der Waals surface area contributed by atoms with Crippen molar-refractivity contribution in [3.8, 4) is 0 Å². The van der Waals surface area contributed by atoms with Crippen molar-refractivity contribution in [3.63, 3.8) is 0 Å². The zero-order valence-electron chi connectivity index (χ0n) is 10.2. The van der Waals surface area contributed by atoms with E-state index in [9.17, 15) is 18.0 Å². The number of halogens is 3. The number of hydrogen-bond acceptors (Lipinski definition) is 2. The summed E-state index contributed by atoms with van der Waals surface area (Å²) >= 11 is 0. The maximum atomic E-state index is 12.6. The van der Waals surface area contributed by atoms with Crippen LogP contribution in [-0.4, -0.2) is 18.9 Å². The third-order valence-electron chi connectivity index (χ3n) is 3.24. The van der Waals surface area contributed by atoms with Crippen LogP contribution in [0.4, 0.5) is 18.9 Å². The summed E-state index contributed by atoms with van der Waals surface area (Å²) in [6, 6.07) is 3.78. The molecule has 1 atom stereocenters. The van der Waals surface area contributed by atoms with Crippen molar-refractivity contribution >= 4 is 12.0 Å². The first-order valence-electron chi connectivity index (χ1n) is 5.77. The molecule has 18 heavy (non-hydrogen) atoms. The second-order valence-electron chi connectivity index (χ2n) is 4.76. The Bertz CT molecular complexity index is 468. The van der Waals surface area contributed by atoms with Gasteiger partial charge in [-0.25, -0.2) is 0 Å². The third-order valence-corrected chi connectivity index (χ3v) is 3.24. The molecule has 0 radical (unpaired) electrons. The predicted octanol–water partition coefficient (Wildman–Crippen LogP) is 3.22. The Balaban J connectivity index is 2.49. The zero-order chi connectivity index (χ0) is 13.5. The Kier molecular flexibility index (Phi) is 3.09. The summed E-state index contributed by atoms with van der Waals surface area (Å²) in [4.78, 5) is 12.9. The first-order valence-corrected chi connectivity index (χ1v) is 5.77. The second kappa shape index (κ2) is 4.30. The molecule has 0 aliphatic carbocycles. The number of aldehydes is 1. The number of benzene rings is 1. The molecular weight excluding hydrogens is 243 g/mol. The zero-order valence-corrected chi connectivity index (χ0v) is 10.2. The number of fused-ring (bicyclic) bond motifs is 1. The van der Waals surface area contributed by atoms with E-state index < -0.39 is 17.7 Å². The van der Waals surface area contributed by atoms with Crippen LogP contribution in [0.5, 0.6) is 0 Å². The lowest BCUT2D eigenvalue weighted by Gasteiger charge is -2.24. The molecule has 1 heterocycles. The fraction of sp³-hybridized carbons (Fsp3) is 0.462. The highest BCUT2D eigenvalue weighted by Gasteiger charge is 2.35. The molecule has 0 N–H and O–H groups in total. The van der Waals surface area contributed by atoms with E-state index in [0.29, 0.717) is 12.1 Å². The standard InChI is InChI=1S/C13H14F3NO/c1-8(2)17-6-9(7-18)11-5-10(13(14,15)16)3-4-12(11)17/h3-5,7-9H,6H2,1-2H3. The monoisotopic (exact) mass is 257 g/mol.